The molecule has 0 saturated carbocycles. The zero-order chi connectivity index (χ0) is 17.0. The third-order valence-corrected chi connectivity index (χ3v) is 2.94. The summed E-state index contributed by atoms with van der Waals surface area (Å²) in [6.45, 7) is -2.51. The fraction of sp³-hybridized carbons (Fsp3) is 0.600. The second-order valence-corrected chi connectivity index (χ2v) is 4.47. The zero-order valence-electron chi connectivity index (χ0n) is 10.9. The van der Waals surface area contributed by atoms with Crippen molar-refractivity contribution in [2.75, 3.05) is 13.2 Å². The lowest BCUT2D eigenvalue weighted by Gasteiger charge is -2.26. The Morgan fingerprint density at radius 3 is 1.57 bits per heavy atom. The van der Waals surface area contributed by atoms with Crippen molar-refractivity contribution in [1.29, 1.82) is 0 Å². The fourth-order valence-electron chi connectivity index (χ4n) is 1.33. The number of carbonyl (C=O) groups is 4. The van der Waals surface area contributed by atoms with Crippen LogP contribution < -0.4 is 17.2 Å². The first kappa shape index (κ1) is 19.1. The number of hydrogen-bond acceptors (Lipinski definition) is 9. The van der Waals surface area contributed by atoms with Gasteiger partial charge in [0.25, 0.3) is 0 Å². The Kier molecular flexibility index (Phi) is 6.08. The molecule has 3 atom stereocenters. The molecule has 0 fully saturated rings. The molecule has 0 aromatic rings. The molecule has 0 amide bonds. The normalized spacial score (nSPS) is 18.1. The predicted octanol–water partition coefficient (Wildman–Crippen LogP) is -4.61. The maximum Gasteiger partial charge on any atom is 0.333 e. The van der Waals surface area contributed by atoms with E-state index in [1.165, 1.54) is 0 Å². The molecule has 10 N–H and O–H groups in total. The van der Waals surface area contributed by atoms with Crippen LogP contribution in [0.2, 0.25) is 0 Å². The minimum atomic E-state index is -2.72. The van der Waals surface area contributed by atoms with Crippen LogP contribution in [0.1, 0.15) is 6.42 Å². The van der Waals surface area contributed by atoms with E-state index >= 15 is 0 Å². The number of carboxylic acids is 2. The predicted molar refractivity (Wildman–Crippen MR) is 65.9 cm³/mol. The summed E-state index contributed by atoms with van der Waals surface area (Å²) in [4.78, 5) is 45.1. The summed E-state index contributed by atoms with van der Waals surface area (Å²) in [7, 11) is 0. The Morgan fingerprint density at radius 2 is 1.29 bits per heavy atom. The Bertz CT molecular complexity index is 467. The van der Waals surface area contributed by atoms with Gasteiger partial charge in [-0.05, 0) is 0 Å². The van der Waals surface area contributed by atoms with Crippen molar-refractivity contribution < 1.29 is 39.6 Å². The molecule has 0 aliphatic carbocycles. The second-order valence-electron chi connectivity index (χ2n) is 4.47. The Hall–Kier alpha value is -1.92. The molecule has 120 valence electrons. The Labute approximate surface area is 118 Å². The Morgan fingerprint density at radius 1 is 0.905 bits per heavy atom. The van der Waals surface area contributed by atoms with Crippen molar-refractivity contribution in [2.45, 2.75) is 23.5 Å². The third-order valence-electron chi connectivity index (χ3n) is 2.94. The molecule has 0 saturated heterocycles. The number of hydrogen-bond donors (Lipinski definition) is 7. The number of carboxylic acid groups (broad SMARTS) is 2. The van der Waals surface area contributed by atoms with Crippen LogP contribution in [0, 0.1) is 0 Å². The standard InChI is InChI=1S/C10H17N3O8/c11-4(6(17)10(13,3-15)8(20)21)1-5(16)9(12,2-14)7(18)19/h4,14-15H,1-3,11-13H2,(H,18,19)(H,20,21). The number of rotatable bonds is 9. The van der Waals surface area contributed by atoms with Crippen LogP contribution in [-0.4, -0.2) is 74.3 Å². The van der Waals surface area contributed by atoms with E-state index in [2.05, 4.69) is 0 Å². The van der Waals surface area contributed by atoms with Crippen molar-refractivity contribution in [3.63, 3.8) is 0 Å². The minimum Gasteiger partial charge on any atom is -0.479 e. The van der Waals surface area contributed by atoms with E-state index in [-0.39, 0.29) is 0 Å². The molecular formula is C10H17N3O8. The van der Waals surface area contributed by atoms with Crippen LogP contribution in [0.3, 0.4) is 0 Å². The highest BCUT2D eigenvalue weighted by molar-refractivity contribution is 6.13. The van der Waals surface area contributed by atoms with Crippen LogP contribution in [0.5, 0.6) is 0 Å². The molecule has 0 aromatic carbocycles. The van der Waals surface area contributed by atoms with Gasteiger partial charge < -0.3 is 37.6 Å². The summed E-state index contributed by atoms with van der Waals surface area (Å²) < 4.78 is 0. The average Bonchev–Trinajstić information content (AvgIpc) is 2.43. The first-order chi connectivity index (χ1) is 9.47. The molecule has 11 nitrogen and oxygen atoms in total. The van der Waals surface area contributed by atoms with Gasteiger partial charge in [0.15, 0.2) is 22.6 Å². The van der Waals surface area contributed by atoms with Gasteiger partial charge in [0.1, 0.15) is 0 Å². The summed E-state index contributed by atoms with van der Waals surface area (Å²) in [5.41, 5.74) is 10.3. The lowest BCUT2D eigenvalue weighted by atomic mass is 9.85. The highest BCUT2D eigenvalue weighted by atomic mass is 16.4. The second kappa shape index (κ2) is 6.69. The van der Waals surface area contributed by atoms with Crippen molar-refractivity contribution in [3.8, 4) is 0 Å². The number of aliphatic carboxylic acids is 2. The van der Waals surface area contributed by atoms with E-state index in [1.54, 1.807) is 0 Å². The minimum absolute atomic E-state index is 0.964. The van der Waals surface area contributed by atoms with Crippen molar-refractivity contribution >= 4 is 23.5 Å². The molecule has 0 radical (unpaired) electrons. The number of nitrogens with two attached hydrogens (primary N) is 3. The molecule has 0 heterocycles. The van der Waals surface area contributed by atoms with E-state index in [0.29, 0.717) is 0 Å². The molecule has 11 heteroatoms. The molecule has 0 aromatic heterocycles. The van der Waals surface area contributed by atoms with Crippen LogP contribution in [0.25, 0.3) is 0 Å². The van der Waals surface area contributed by atoms with Gasteiger partial charge in [0.2, 0.25) is 0 Å². The smallest absolute Gasteiger partial charge is 0.333 e. The molecule has 0 aliphatic heterocycles. The number of aliphatic hydroxyl groups is 2. The van der Waals surface area contributed by atoms with E-state index in [4.69, 9.17) is 37.6 Å². The molecule has 0 bridgehead atoms. The highest BCUT2D eigenvalue weighted by Crippen LogP contribution is 2.12. The van der Waals surface area contributed by atoms with Gasteiger partial charge in [0.05, 0.1) is 19.3 Å². The molecular weight excluding hydrogens is 290 g/mol. The van der Waals surface area contributed by atoms with Crippen LogP contribution >= 0.6 is 0 Å². The SMILES string of the molecule is NC(CC(=O)C(N)(CO)C(=O)O)C(=O)C(N)(CO)C(=O)O. The van der Waals surface area contributed by atoms with Gasteiger partial charge in [-0.1, -0.05) is 0 Å². The zero-order valence-corrected chi connectivity index (χ0v) is 10.9. The van der Waals surface area contributed by atoms with Crippen molar-refractivity contribution in [3.05, 3.63) is 0 Å². The fourth-order valence-corrected chi connectivity index (χ4v) is 1.33. The van der Waals surface area contributed by atoms with Gasteiger partial charge in [-0.3, -0.25) is 9.59 Å². The lowest BCUT2D eigenvalue weighted by Crippen LogP contribution is -2.64. The Balaban J connectivity index is 5.19. The topological polar surface area (TPSA) is 227 Å². The van der Waals surface area contributed by atoms with E-state index < -0.39 is 60.3 Å². The summed E-state index contributed by atoms with van der Waals surface area (Å²) >= 11 is 0. The van der Waals surface area contributed by atoms with Gasteiger partial charge in [-0.25, -0.2) is 9.59 Å². The van der Waals surface area contributed by atoms with Crippen LogP contribution in [0.4, 0.5) is 0 Å². The number of Topliss-reactive ketones (excluding diaryl/α,β-unsaturated/α-hetero) is 2. The maximum absolute atomic E-state index is 11.8. The summed E-state index contributed by atoms with van der Waals surface area (Å²) in [6.07, 6.45) is -0.964. The molecule has 0 rings (SSSR count). The largest absolute Gasteiger partial charge is 0.479 e. The van der Waals surface area contributed by atoms with Gasteiger partial charge in [-0.2, -0.15) is 0 Å². The van der Waals surface area contributed by atoms with Crippen LogP contribution in [-0.2, 0) is 19.2 Å². The van der Waals surface area contributed by atoms with Crippen molar-refractivity contribution in [1.82, 2.24) is 0 Å². The van der Waals surface area contributed by atoms with E-state index in [0.717, 1.165) is 0 Å². The van der Waals surface area contributed by atoms with Gasteiger partial charge in [-0.15, -0.1) is 0 Å². The number of ketones is 2. The maximum atomic E-state index is 11.8. The first-order valence-corrected chi connectivity index (χ1v) is 5.56. The average molecular weight is 307 g/mol. The first-order valence-electron chi connectivity index (χ1n) is 5.56. The molecule has 0 spiro atoms. The van der Waals surface area contributed by atoms with E-state index in [9.17, 15) is 19.2 Å². The number of aliphatic hydroxyl groups excluding tert-OH is 2. The molecule has 0 aliphatic rings. The monoisotopic (exact) mass is 307 g/mol. The van der Waals surface area contributed by atoms with Crippen molar-refractivity contribution in [2.24, 2.45) is 17.2 Å². The summed E-state index contributed by atoms with van der Waals surface area (Å²) in [6, 6.07) is -1.81. The number of carbonyl (C=O) groups excluding carboxylic acids is 2. The lowest BCUT2D eigenvalue weighted by molar-refractivity contribution is -0.154. The highest BCUT2D eigenvalue weighted by Gasteiger charge is 2.47. The van der Waals surface area contributed by atoms with Gasteiger partial charge >= 0.3 is 11.9 Å². The summed E-state index contributed by atoms with van der Waals surface area (Å²) in [5.74, 6) is -6.37. The third kappa shape index (κ3) is 3.59. The van der Waals surface area contributed by atoms with E-state index in [1.807, 2.05) is 0 Å². The summed E-state index contributed by atoms with van der Waals surface area (Å²) in [5, 5.41) is 35.3. The molecule has 3 unspecified atom stereocenters. The quantitative estimate of drug-likeness (QED) is 0.200. The molecule has 21 heavy (non-hydrogen) atoms. The van der Waals surface area contributed by atoms with Gasteiger partial charge in [0, 0.05) is 6.42 Å². The van der Waals surface area contributed by atoms with Crippen LogP contribution in [0.15, 0.2) is 0 Å².